The predicted molar refractivity (Wildman–Crippen MR) is 70.4 cm³/mol. The molecule has 0 aliphatic carbocycles. The summed E-state index contributed by atoms with van der Waals surface area (Å²) in [5.74, 6) is -0.0232. The average Bonchev–Trinajstić information content (AvgIpc) is 3.00. The minimum atomic E-state index is -3.61. The smallest absolute Gasteiger partial charge is 0.395 e. The highest BCUT2D eigenvalue weighted by Gasteiger charge is 2.43. The van der Waals surface area contributed by atoms with E-state index in [1.165, 1.54) is 23.5 Å². The zero-order chi connectivity index (χ0) is 14.2. The molecule has 1 aliphatic rings. The Balaban J connectivity index is 1.65. The average molecular weight is 299 g/mol. The first-order valence-corrected chi connectivity index (χ1v) is 6.77. The summed E-state index contributed by atoms with van der Waals surface area (Å²) in [6.07, 6.45) is -4.26. The van der Waals surface area contributed by atoms with Gasteiger partial charge in [0.1, 0.15) is 6.10 Å². The molecule has 1 unspecified atom stereocenters. The van der Waals surface area contributed by atoms with Crippen molar-refractivity contribution in [3.05, 3.63) is 40.6 Å². The summed E-state index contributed by atoms with van der Waals surface area (Å²) in [6.45, 7) is 0.274. The highest BCUT2D eigenvalue weighted by atomic mass is 32.1. The van der Waals surface area contributed by atoms with Gasteiger partial charge in [0.05, 0.1) is 0 Å². The lowest BCUT2D eigenvalue weighted by atomic mass is 10.2. The van der Waals surface area contributed by atoms with Crippen LogP contribution in [0.15, 0.2) is 35.7 Å². The molecule has 0 amide bonds. The lowest BCUT2D eigenvalue weighted by Crippen LogP contribution is -2.25. The minimum absolute atomic E-state index is 0.000597. The van der Waals surface area contributed by atoms with Gasteiger partial charge >= 0.3 is 6.29 Å². The van der Waals surface area contributed by atoms with Crippen LogP contribution in [-0.2, 0) is 0 Å². The topological polar surface area (TPSA) is 50.7 Å². The summed E-state index contributed by atoms with van der Waals surface area (Å²) in [5, 5.41) is 14.8. The molecule has 1 aromatic carbocycles. The molecule has 3 rings (SSSR count). The van der Waals surface area contributed by atoms with Crippen LogP contribution in [0.3, 0.4) is 0 Å². The molecule has 20 heavy (non-hydrogen) atoms. The fraction of sp³-hybridized carbons (Fsp3) is 0.231. The molecule has 1 aliphatic heterocycles. The number of alkyl halides is 2. The molecule has 1 aromatic heterocycles. The maximum atomic E-state index is 12.9. The number of thiophene rings is 1. The van der Waals surface area contributed by atoms with E-state index in [9.17, 15) is 13.9 Å². The van der Waals surface area contributed by atoms with Gasteiger partial charge in [-0.25, -0.2) is 0 Å². The van der Waals surface area contributed by atoms with Gasteiger partial charge in [0.2, 0.25) is 0 Å². The number of hydrogen-bond acceptors (Lipinski definition) is 5. The van der Waals surface area contributed by atoms with E-state index >= 15 is 0 Å². The molecule has 2 aromatic rings. The molecule has 2 heterocycles. The normalized spacial score (nSPS) is 16.9. The third kappa shape index (κ3) is 2.68. The molecule has 106 valence electrons. The standard InChI is InChI=1S/C13H11F2NO3S/c14-13(15)18-10-4-3-8(6-11(10)19-13)16-7-9(17)12-2-1-5-20-12/h1-6,9,16-17H,7H2. The molecule has 0 saturated heterocycles. The van der Waals surface area contributed by atoms with E-state index in [2.05, 4.69) is 14.8 Å². The SMILES string of the molecule is OC(CNc1ccc2c(c1)OC(F)(F)O2)c1cccs1. The van der Waals surface area contributed by atoms with Gasteiger partial charge in [-0.2, -0.15) is 0 Å². The highest BCUT2D eigenvalue weighted by Crippen LogP contribution is 2.42. The Kier molecular flexibility index (Phi) is 3.23. The van der Waals surface area contributed by atoms with Crippen LogP contribution in [-0.4, -0.2) is 17.9 Å². The Morgan fingerprint density at radius 1 is 1.25 bits per heavy atom. The molecule has 0 bridgehead atoms. The number of halogens is 2. The van der Waals surface area contributed by atoms with Crippen LogP contribution in [0.5, 0.6) is 11.5 Å². The van der Waals surface area contributed by atoms with Gasteiger partial charge in [0.15, 0.2) is 11.5 Å². The Hall–Kier alpha value is -1.86. The molecule has 0 fully saturated rings. The van der Waals surface area contributed by atoms with Crippen molar-refractivity contribution in [2.45, 2.75) is 12.4 Å². The van der Waals surface area contributed by atoms with E-state index in [-0.39, 0.29) is 18.0 Å². The van der Waals surface area contributed by atoms with Crippen molar-refractivity contribution in [3.63, 3.8) is 0 Å². The second kappa shape index (κ2) is 4.92. The Morgan fingerprint density at radius 2 is 2.05 bits per heavy atom. The van der Waals surface area contributed by atoms with Gasteiger partial charge in [-0.15, -0.1) is 20.1 Å². The summed E-state index contributed by atoms with van der Waals surface area (Å²) >= 11 is 1.45. The van der Waals surface area contributed by atoms with Crippen LogP contribution < -0.4 is 14.8 Å². The van der Waals surface area contributed by atoms with Gasteiger partial charge in [0.25, 0.3) is 0 Å². The van der Waals surface area contributed by atoms with Gasteiger partial charge in [-0.1, -0.05) is 6.07 Å². The number of hydrogen-bond donors (Lipinski definition) is 2. The number of ether oxygens (including phenoxy) is 2. The fourth-order valence-corrected chi connectivity index (χ4v) is 2.57. The van der Waals surface area contributed by atoms with Gasteiger partial charge < -0.3 is 19.9 Å². The van der Waals surface area contributed by atoms with Crippen molar-refractivity contribution in [3.8, 4) is 11.5 Å². The number of anilines is 1. The second-order valence-electron chi connectivity index (χ2n) is 4.24. The monoisotopic (exact) mass is 299 g/mol. The number of rotatable bonds is 4. The molecular formula is C13H11F2NO3S. The van der Waals surface area contributed by atoms with Gasteiger partial charge in [0, 0.05) is 23.2 Å². The van der Waals surface area contributed by atoms with Crippen LogP contribution >= 0.6 is 11.3 Å². The quantitative estimate of drug-likeness (QED) is 0.910. The summed E-state index contributed by atoms with van der Waals surface area (Å²) in [6, 6.07) is 8.08. The molecular weight excluding hydrogens is 288 g/mol. The molecule has 7 heteroatoms. The largest absolute Gasteiger partial charge is 0.586 e. The third-order valence-electron chi connectivity index (χ3n) is 2.77. The first kappa shape index (κ1) is 13.1. The van der Waals surface area contributed by atoms with E-state index in [1.807, 2.05) is 17.5 Å². The minimum Gasteiger partial charge on any atom is -0.395 e. The van der Waals surface area contributed by atoms with E-state index < -0.39 is 12.4 Å². The van der Waals surface area contributed by atoms with Crippen LogP contribution in [0.25, 0.3) is 0 Å². The van der Waals surface area contributed by atoms with Crippen LogP contribution in [0.1, 0.15) is 11.0 Å². The summed E-state index contributed by atoms with van der Waals surface area (Å²) in [5.41, 5.74) is 0.570. The molecule has 0 spiro atoms. The molecule has 0 radical (unpaired) electrons. The van der Waals surface area contributed by atoms with E-state index in [0.717, 1.165) is 4.88 Å². The zero-order valence-corrected chi connectivity index (χ0v) is 11.0. The van der Waals surface area contributed by atoms with Crippen LogP contribution in [0.2, 0.25) is 0 Å². The summed E-state index contributed by atoms with van der Waals surface area (Å²) < 4.78 is 34.4. The summed E-state index contributed by atoms with van der Waals surface area (Å²) in [4.78, 5) is 0.838. The number of nitrogens with one attached hydrogen (secondary N) is 1. The summed E-state index contributed by atoms with van der Waals surface area (Å²) in [7, 11) is 0. The first-order valence-electron chi connectivity index (χ1n) is 5.89. The molecule has 1 atom stereocenters. The highest BCUT2D eigenvalue weighted by molar-refractivity contribution is 7.10. The lowest BCUT2D eigenvalue weighted by molar-refractivity contribution is -0.286. The van der Waals surface area contributed by atoms with Crippen molar-refractivity contribution < 1.29 is 23.4 Å². The lowest BCUT2D eigenvalue weighted by Gasteiger charge is -2.11. The van der Waals surface area contributed by atoms with Crippen molar-refractivity contribution in [1.82, 2.24) is 0 Å². The van der Waals surface area contributed by atoms with Crippen molar-refractivity contribution in [2.24, 2.45) is 0 Å². The van der Waals surface area contributed by atoms with Crippen molar-refractivity contribution in [2.75, 3.05) is 11.9 Å². The fourth-order valence-electron chi connectivity index (χ4n) is 1.85. The molecule has 2 N–H and O–H groups in total. The number of fused-ring (bicyclic) bond motifs is 1. The van der Waals surface area contributed by atoms with Gasteiger partial charge in [-0.3, -0.25) is 0 Å². The first-order chi connectivity index (χ1) is 9.53. The Labute approximate surface area is 117 Å². The van der Waals surface area contributed by atoms with Crippen molar-refractivity contribution in [1.29, 1.82) is 0 Å². The van der Waals surface area contributed by atoms with Crippen LogP contribution in [0, 0.1) is 0 Å². The second-order valence-corrected chi connectivity index (χ2v) is 5.22. The van der Waals surface area contributed by atoms with Crippen molar-refractivity contribution >= 4 is 17.0 Å². The zero-order valence-electron chi connectivity index (χ0n) is 10.2. The maximum absolute atomic E-state index is 12.9. The maximum Gasteiger partial charge on any atom is 0.586 e. The number of aliphatic hydroxyl groups excluding tert-OH is 1. The Morgan fingerprint density at radius 3 is 2.80 bits per heavy atom. The number of aliphatic hydroxyl groups is 1. The predicted octanol–water partition coefficient (Wildman–Crippen LogP) is 3.22. The van der Waals surface area contributed by atoms with E-state index in [0.29, 0.717) is 5.69 Å². The van der Waals surface area contributed by atoms with Crippen LogP contribution in [0.4, 0.5) is 14.5 Å². The van der Waals surface area contributed by atoms with Gasteiger partial charge in [-0.05, 0) is 23.6 Å². The van der Waals surface area contributed by atoms with E-state index in [4.69, 9.17) is 0 Å². The molecule has 0 saturated carbocycles. The third-order valence-corrected chi connectivity index (χ3v) is 3.75. The molecule has 4 nitrogen and oxygen atoms in total. The Bertz CT molecular complexity index is 604. The number of benzene rings is 1. The van der Waals surface area contributed by atoms with E-state index in [1.54, 1.807) is 6.07 Å².